The highest BCUT2D eigenvalue weighted by Gasteiger charge is 2.44. The Kier molecular flexibility index (Phi) is 43.9. The largest absolute Gasteiger partial charge is 0.394 e. The molecule has 0 spiro atoms. The molecular weight excluding hydrogens is 803 g/mol. The van der Waals surface area contributed by atoms with Crippen LogP contribution >= 0.6 is 0 Å². The molecule has 0 aromatic rings. The van der Waals surface area contributed by atoms with Crippen LogP contribution in [0.2, 0.25) is 0 Å². The Bertz CT molecular complexity index is 970. The zero-order chi connectivity index (χ0) is 46.6. The minimum absolute atomic E-state index is 0.131. The molecule has 7 atom stereocenters. The van der Waals surface area contributed by atoms with Crippen LogP contribution in [0, 0.1) is 0 Å². The van der Waals surface area contributed by atoms with Crippen LogP contribution in [0.1, 0.15) is 290 Å². The first-order valence-electron chi connectivity index (χ1n) is 28.2. The van der Waals surface area contributed by atoms with Crippen LogP contribution in [0.3, 0.4) is 0 Å². The van der Waals surface area contributed by atoms with Gasteiger partial charge in [0.1, 0.15) is 24.4 Å². The van der Waals surface area contributed by atoms with Crippen molar-refractivity contribution in [2.75, 3.05) is 13.2 Å². The number of carbonyl (C=O) groups is 1. The first-order valence-corrected chi connectivity index (χ1v) is 28.2. The normalized spacial score (nSPS) is 19.9. The zero-order valence-electron chi connectivity index (χ0n) is 42.3. The highest BCUT2D eigenvalue weighted by Crippen LogP contribution is 2.23. The summed E-state index contributed by atoms with van der Waals surface area (Å²) in [7, 11) is 0. The van der Waals surface area contributed by atoms with E-state index in [0.717, 1.165) is 38.5 Å². The second-order valence-corrected chi connectivity index (χ2v) is 20.1. The monoisotopic (exact) mass is 912 g/mol. The van der Waals surface area contributed by atoms with Crippen molar-refractivity contribution in [3.8, 4) is 0 Å². The van der Waals surface area contributed by atoms with Gasteiger partial charge in [-0.25, -0.2) is 0 Å². The molecule has 64 heavy (non-hydrogen) atoms. The van der Waals surface area contributed by atoms with Crippen molar-refractivity contribution in [3.63, 3.8) is 0 Å². The number of hydrogen-bond donors (Lipinski definition) is 6. The molecule has 1 aliphatic heterocycles. The average Bonchev–Trinajstić information content (AvgIpc) is 3.29. The molecule has 6 N–H and O–H groups in total. The molecule has 9 nitrogen and oxygen atoms in total. The van der Waals surface area contributed by atoms with Crippen LogP contribution in [-0.4, -0.2) is 87.5 Å². The van der Waals surface area contributed by atoms with Gasteiger partial charge in [-0.15, -0.1) is 0 Å². The summed E-state index contributed by atoms with van der Waals surface area (Å²) in [4.78, 5) is 13.0. The number of aliphatic hydroxyl groups is 5. The minimum atomic E-state index is -1.55. The third-order valence-corrected chi connectivity index (χ3v) is 14.0. The van der Waals surface area contributed by atoms with E-state index >= 15 is 0 Å². The van der Waals surface area contributed by atoms with Gasteiger partial charge in [0.05, 0.1) is 25.4 Å². The van der Waals surface area contributed by atoms with Gasteiger partial charge in [0, 0.05) is 6.42 Å². The van der Waals surface area contributed by atoms with Crippen molar-refractivity contribution < 1.29 is 39.8 Å². The maximum atomic E-state index is 13.0. The summed E-state index contributed by atoms with van der Waals surface area (Å²) in [5, 5.41) is 54.5. The summed E-state index contributed by atoms with van der Waals surface area (Å²) in [6.45, 7) is 3.87. The Hall–Kier alpha value is -0.810. The summed E-state index contributed by atoms with van der Waals surface area (Å²) in [6, 6.07) is -0.712. The second kappa shape index (κ2) is 45.9. The van der Waals surface area contributed by atoms with Crippen LogP contribution in [0.5, 0.6) is 0 Å². The van der Waals surface area contributed by atoms with Gasteiger partial charge in [0.15, 0.2) is 6.29 Å². The Balaban J connectivity index is 2.13. The average molecular weight is 912 g/mol. The first kappa shape index (κ1) is 61.2. The van der Waals surface area contributed by atoms with Crippen molar-refractivity contribution in [2.24, 2.45) is 0 Å². The molecular formula is C55H109NO8. The van der Waals surface area contributed by atoms with Crippen LogP contribution in [0.15, 0.2) is 0 Å². The Morgan fingerprint density at radius 2 is 0.781 bits per heavy atom. The van der Waals surface area contributed by atoms with Gasteiger partial charge in [-0.3, -0.25) is 4.79 Å². The van der Waals surface area contributed by atoms with Crippen molar-refractivity contribution >= 4 is 5.91 Å². The van der Waals surface area contributed by atoms with Crippen LogP contribution < -0.4 is 5.32 Å². The van der Waals surface area contributed by atoms with E-state index < -0.39 is 49.5 Å². The fourth-order valence-corrected chi connectivity index (χ4v) is 9.46. The first-order chi connectivity index (χ1) is 31.3. The molecule has 1 rings (SSSR count). The van der Waals surface area contributed by atoms with Crippen molar-refractivity contribution in [1.29, 1.82) is 0 Å². The van der Waals surface area contributed by atoms with Gasteiger partial charge in [0.25, 0.3) is 0 Å². The molecule has 9 heteroatoms. The molecule has 0 aliphatic carbocycles. The second-order valence-electron chi connectivity index (χ2n) is 20.1. The Labute approximate surface area is 395 Å². The number of rotatable bonds is 49. The maximum absolute atomic E-state index is 13.0. The molecule has 0 radical (unpaired) electrons. The van der Waals surface area contributed by atoms with E-state index in [0.29, 0.717) is 12.8 Å². The van der Waals surface area contributed by atoms with Crippen molar-refractivity contribution in [3.05, 3.63) is 0 Å². The van der Waals surface area contributed by atoms with Gasteiger partial charge >= 0.3 is 0 Å². The number of ether oxygens (including phenoxy) is 2. The highest BCUT2D eigenvalue weighted by atomic mass is 16.7. The molecule has 2 unspecified atom stereocenters. The third-order valence-electron chi connectivity index (χ3n) is 14.0. The molecule has 0 aromatic carbocycles. The molecule has 1 fully saturated rings. The van der Waals surface area contributed by atoms with E-state index in [1.54, 1.807) is 0 Å². The topological polar surface area (TPSA) is 149 Å². The third kappa shape index (κ3) is 35.3. The van der Waals surface area contributed by atoms with Crippen LogP contribution in [-0.2, 0) is 14.3 Å². The number of amides is 1. The molecule has 382 valence electrons. The van der Waals surface area contributed by atoms with E-state index in [-0.39, 0.29) is 12.5 Å². The van der Waals surface area contributed by atoms with E-state index in [1.807, 2.05) is 0 Å². The lowest BCUT2D eigenvalue weighted by Crippen LogP contribution is -2.60. The summed E-state index contributed by atoms with van der Waals surface area (Å²) in [5.41, 5.74) is 0. The lowest BCUT2D eigenvalue weighted by molar-refractivity contribution is -0.302. The van der Waals surface area contributed by atoms with Crippen molar-refractivity contribution in [2.45, 2.75) is 333 Å². The predicted molar refractivity (Wildman–Crippen MR) is 268 cm³/mol. The molecule has 1 saturated heterocycles. The van der Waals surface area contributed by atoms with Crippen LogP contribution in [0.4, 0.5) is 0 Å². The number of hydrogen-bond acceptors (Lipinski definition) is 8. The van der Waals surface area contributed by atoms with Gasteiger partial charge in [-0.2, -0.15) is 0 Å². The van der Waals surface area contributed by atoms with E-state index in [4.69, 9.17) is 9.47 Å². The van der Waals surface area contributed by atoms with Gasteiger partial charge in [-0.1, -0.05) is 271 Å². The van der Waals surface area contributed by atoms with Crippen LogP contribution in [0.25, 0.3) is 0 Å². The Morgan fingerprint density at radius 1 is 0.469 bits per heavy atom. The molecule has 1 aliphatic rings. The number of carbonyl (C=O) groups excluding carboxylic acids is 1. The molecule has 1 heterocycles. The van der Waals surface area contributed by atoms with Gasteiger partial charge in [0.2, 0.25) is 5.91 Å². The fraction of sp³-hybridized carbons (Fsp3) is 0.982. The maximum Gasteiger partial charge on any atom is 0.220 e. The van der Waals surface area contributed by atoms with Crippen molar-refractivity contribution in [1.82, 2.24) is 5.32 Å². The lowest BCUT2D eigenvalue weighted by atomic mass is 9.99. The summed E-state index contributed by atoms with van der Waals surface area (Å²) < 4.78 is 11.3. The predicted octanol–water partition coefficient (Wildman–Crippen LogP) is 13.5. The number of nitrogens with one attached hydrogen (secondary N) is 1. The number of unbranched alkanes of at least 4 members (excludes halogenated alkanes) is 39. The minimum Gasteiger partial charge on any atom is -0.394 e. The SMILES string of the molecule is CCCCCCCCCCCCCCCCCCCCCCCCCCCCCCC(=O)N[C@@H](CO[C@@H]1O[C@H](CO)[C@H](O)C(O)C1O)[C@H](O)CCCCCCCCCCCCCCC. The van der Waals surface area contributed by atoms with Gasteiger partial charge < -0.3 is 40.3 Å². The smallest absolute Gasteiger partial charge is 0.220 e. The van der Waals surface area contributed by atoms with E-state index in [9.17, 15) is 30.3 Å². The lowest BCUT2D eigenvalue weighted by Gasteiger charge is -2.40. The molecule has 0 saturated carbocycles. The zero-order valence-corrected chi connectivity index (χ0v) is 42.3. The van der Waals surface area contributed by atoms with E-state index in [2.05, 4.69) is 19.2 Å². The fourth-order valence-electron chi connectivity index (χ4n) is 9.46. The van der Waals surface area contributed by atoms with E-state index in [1.165, 1.54) is 225 Å². The molecule has 0 aromatic heterocycles. The summed E-state index contributed by atoms with van der Waals surface area (Å²) >= 11 is 0. The summed E-state index contributed by atoms with van der Waals surface area (Å²) in [5.74, 6) is -0.137. The molecule has 0 bridgehead atoms. The standard InChI is InChI=1S/C55H109NO8/c1-3-5-7-9-11-13-15-17-18-19-20-21-22-23-24-25-26-27-28-29-30-31-33-35-37-39-41-43-45-51(59)56-48(47-63-55-54(62)53(61)52(60)50(46-57)64-55)49(58)44-42-40-38-36-34-32-16-14-12-10-8-6-4-2/h48-50,52-55,57-58,60-62H,3-47H2,1-2H3,(H,56,59)/t48-,49+,50+,52-,53?,54?,55+/m0/s1. The number of aliphatic hydroxyl groups excluding tert-OH is 5. The summed E-state index contributed by atoms with van der Waals surface area (Å²) in [6.07, 6.45) is 47.1. The Morgan fingerprint density at radius 3 is 1.11 bits per heavy atom. The highest BCUT2D eigenvalue weighted by molar-refractivity contribution is 5.76. The van der Waals surface area contributed by atoms with Gasteiger partial charge in [-0.05, 0) is 12.8 Å². The quantitative estimate of drug-likeness (QED) is 0.0331. The molecule has 1 amide bonds.